The molecule has 0 aliphatic carbocycles. The summed E-state index contributed by atoms with van der Waals surface area (Å²) in [5.74, 6) is -0.152. The molecule has 0 aromatic carbocycles. The SMILES string of the molecule is CC/C=C\C/C=C\C/C=C\C/C=C\C/C=C\C/C=C\C/C=C\CCCCCCCCCCCCCCCC(=O)NC(COP(=O)(O)OCC[N+](C)(C)C)C(O)CCCCCCCCCC. The number of allylic oxidation sites excluding steroid dienone is 14. The number of aliphatic hydroxyl groups is 1. The van der Waals surface area contributed by atoms with Crippen molar-refractivity contribution in [3.05, 3.63) is 85.1 Å². The number of unbranched alkanes of at least 4 members (excludes halogenated alkanes) is 20. The summed E-state index contributed by atoms with van der Waals surface area (Å²) in [6, 6.07) is -0.762. The van der Waals surface area contributed by atoms with Gasteiger partial charge in [-0.15, -0.1) is 0 Å². The molecule has 0 aliphatic heterocycles. The van der Waals surface area contributed by atoms with Crippen molar-refractivity contribution in [1.82, 2.24) is 5.32 Å². The second kappa shape index (κ2) is 46.8. The zero-order valence-corrected chi connectivity index (χ0v) is 43.6. The van der Waals surface area contributed by atoms with Crippen LogP contribution in [0.5, 0.6) is 0 Å². The molecule has 0 aromatic rings. The van der Waals surface area contributed by atoms with E-state index in [0.717, 1.165) is 83.5 Å². The number of carbonyl (C=O) groups is 1. The van der Waals surface area contributed by atoms with E-state index >= 15 is 0 Å². The Kier molecular flexibility index (Phi) is 45.1. The van der Waals surface area contributed by atoms with Gasteiger partial charge >= 0.3 is 7.82 Å². The largest absolute Gasteiger partial charge is 0.472 e. The molecule has 0 radical (unpaired) electrons. The van der Waals surface area contributed by atoms with E-state index in [1.165, 1.54) is 103 Å². The van der Waals surface area contributed by atoms with Crippen LogP contribution in [0.15, 0.2) is 85.1 Å². The number of likely N-dealkylation sites (N-methyl/N-ethyl adjacent to an activating group) is 1. The molecule has 0 aliphatic rings. The number of nitrogens with zero attached hydrogens (tertiary/aromatic N) is 1. The molecule has 3 unspecified atom stereocenters. The predicted octanol–water partition coefficient (Wildman–Crippen LogP) is 15.7. The number of phosphoric acid groups is 1. The van der Waals surface area contributed by atoms with E-state index in [2.05, 4.69) is 104 Å². The van der Waals surface area contributed by atoms with Crippen LogP contribution in [-0.2, 0) is 18.4 Å². The first kappa shape index (κ1) is 62.7. The highest BCUT2D eigenvalue weighted by Gasteiger charge is 2.28. The van der Waals surface area contributed by atoms with E-state index in [1.54, 1.807) is 0 Å². The van der Waals surface area contributed by atoms with Gasteiger partial charge in [0.2, 0.25) is 5.91 Å². The highest BCUT2D eigenvalue weighted by Crippen LogP contribution is 2.43. The van der Waals surface area contributed by atoms with Crippen molar-refractivity contribution >= 4 is 13.7 Å². The minimum Gasteiger partial charge on any atom is -0.391 e. The molecule has 0 rings (SSSR count). The van der Waals surface area contributed by atoms with Crippen LogP contribution in [0.2, 0.25) is 0 Å². The summed E-state index contributed by atoms with van der Waals surface area (Å²) in [6.45, 7) is 4.73. The van der Waals surface area contributed by atoms with Crippen LogP contribution in [0, 0.1) is 0 Å². The maximum absolute atomic E-state index is 12.9. The molecule has 8 nitrogen and oxygen atoms in total. The first-order valence-corrected chi connectivity index (χ1v) is 27.9. The number of amides is 1. The third kappa shape index (κ3) is 49.4. The van der Waals surface area contributed by atoms with Gasteiger partial charge < -0.3 is 19.8 Å². The molecule has 0 aromatic heterocycles. The smallest absolute Gasteiger partial charge is 0.391 e. The standard InChI is InChI=1S/C56H101N2O6P/c1-6-8-10-12-14-16-17-18-19-20-21-22-23-24-25-26-27-28-29-30-31-32-33-34-35-36-37-38-39-40-41-42-44-46-48-50-56(60)57-54(53-64-65(61,62)63-52-51-58(3,4)5)55(59)49-47-45-43-15-13-11-9-7-2/h8,10,14,16,18-19,21-22,24-25,27-28,30-31,54-55,59H,6-7,9,11-13,15,17,20,23,26,29,32-53H2,1-5H3,(H-,57,60,61,62)/p+1/b10-8-,16-14-,19-18-,22-21-,25-24-,28-27-,31-30-. The third-order valence-corrected chi connectivity index (χ3v) is 12.4. The van der Waals surface area contributed by atoms with E-state index in [9.17, 15) is 19.4 Å². The highest BCUT2D eigenvalue weighted by molar-refractivity contribution is 7.47. The molecule has 0 spiro atoms. The molecule has 0 saturated carbocycles. The Morgan fingerprint density at radius 3 is 1.35 bits per heavy atom. The van der Waals surface area contributed by atoms with E-state index in [0.29, 0.717) is 23.9 Å². The van der Waals surface area contributed by atoms with Crippen molar-refractivity contribution in [2.24, 2.45) is 0 Å². The van der Waals surface area contributed by atoms with Gasteiger partial charge in [0, 0.05) is 6.42 Å². The number of carbonyl (C=O) groups excluding carboxylic acids is 1. The fourth-order valence-electron chi connectivity index (χ4n) is 7.26. The highest BCUT2D eigenvalue weighted by atomic mass is 31.2. The van der Waals surface area contributed by atoms with Crippen molar-refractivity contribution in [3.8, 4) is 0 Å². The summed E-state index contributed by atoms with van der Waals surface area (Å²) in [5, 5.41) is 13.9. The van der Waals surface area contributed by atoms with Gasteiger partial charge in [-0.3, -0.25) is 13.8 Å². The molecular weight excluding hydrogens is 828 g/mol. The summed E-state index contributed by atoms with van der Waals surface area (Å²) in [7, 11) is 1.60. The van der Waals surface area contributed by atoms with E-state index < -0.39 is 20.0 Å². The Bertz CT molecular complexity index is 1330. The summed E-state index contributed by atoms with van der Waals surface area (Å²) < 4.78 is 23.6. The number of nitrogens with one attached hydrogen (secondary N) is 1. The van der Waals surface area contributed by atoms with Gasteiger partial charge in [-0.1, -0.05) is 221 Å². The average Bonchev–Trinajstić information content (AvgIpc) is 3.26. The lowest BCUT2D eigenvalue weighted by Gasteiger charge is -2.26. The Hall–Kier alpha value is -2.32. The van der Waals surface area contributed by atoms with Crippen molar-refractivity contribution in [2.45, 2.75) is 225 Å². The molecule has 0 bridgehead atoms. The molecule has 0 heterocycles. The average molecular weight is 930 g/mol. The van der Waals surface area contributed by atoms with Gasteiger partial charge in [0.05, 0.1) is 39.9 Å². The fourth-order valence-corrected chi connectivity index (χ4v) is 8.00. The molecule has 0 fully saturated rings. The zero-order valence-electron chi connectivity index (χ0n) is 42.7. The molecule has 1 amide bonds. The lowest BCUT2D eigenvalue weighted by Crippen LogP contribution is -2.46. The topological polar surface area (TPSA) is 105 Å². The molecule has 65 heavy (non-hydrogen) atoms. The Balaban J connectivity index is 3.97. The fraction of sp³-hybridized carbons (Fsp3) is 0.732. The second-order valence-electron chi connectivity index (χ2n) is 18.9. The lowest BCUT2D eigenvalue weighted by atomic mass is 10.0. The van der Waals surface area contributed by atoms with Gasteiger partial charge in [0.1, 0.15) is 13.2 Å². The number of phosphoric ester groups is 1. The van der Waals surface area contributed by atoms with Crippen molar-refractivity contribution < 1.29 is 32.9 Å². The number of rotatable bonds is 47. The van der Waals surface area contributed by atoms with Crippen molar-refractivity contribution in [2.75, 3.05) is 40.9 Å². The summed E-state index contributed by atoms with van der Waals surface area (Å²) in [6.07, 6.45) is 65.1. The van der Waals surface area contributed by atoms with Crippen LogP contribution in [0.25, 0.3) is 0 Å². The molecule has 376 valence electrons. The minimum atomic E-state index is -4.31. The monoisotopic (exact) mass is 930 g/mol. The maximum Gasteiger partial charge on any atom is 0.472 e. The van der Waals surface area contributed by atoms with E-state index in [1.807, 2.05) is 21.1 Å². The molecule has 9 heteroatoms. The van der Waals surface area contributed by atoms with Crippen molar-refractivity contribution in [1.29, 1.82) is 0 Å². The lowest BCUT2D eigenvalue weighted by molar-refractivity contribution is -0.870. The van der Waals surface area contributed by atoms with Crippen LogP contribution >= 0.6 is 7.82 Å². The summed E-state index contributed by atoms with van der Waals surface area (Å²) in [4.78, 5) is 23.1. The van der Waals surface area contributed by atoms with Crippen LogP contribution in [0.4, 0.5) is 0 Å². The number of hydrogen-bond donors (Lipinski definition) is 3. The number of hydrogen-bond acceptors (Lipinski definition) is 5. The third-order valence-electron chi connectivity index (χ3n) is 11.4. The van der Waals surface area contributed by atoms with Gasteiger partial charge in [0.25, 0.3) is 0 Å². The van der Waals surface area contributed by atoms with E-state index in [-0.39, 0.29) is 19.1 Å². The first-order valence-electron chi connectivity index (χ1n) is 26.5. The first-order chi connectivity index (χ1) is 31.5. The second-order valence-corrected chi connectivity index (χ2v) is 20.3. The normalized spacial score (nSPS) is 14.8. The van der Waals surface area contributed by atoms with Gasteiger partial charge in [0.15, 0.2) is 0 Å². The summed E-state index contributed by atoms with van der Waals surface area (Å²) in [5.41, 5.74) is 0. The van der Waals surface area contributed by atoms with Gasteiger partial charge in [-0.25, -0.2) is 4.57 Å². The van der Waals surface area contributed by atoms with Crippen LogP contribution < -0.4 is 5.32 Å². The predicted molar refractivity (Wildman–Crippen MR) is 281 cm³/mol. The molecule has 3 N–H and O–H groups in total. The maximum atomic E-state index is 12.9. The van der Waals surface area contributed by atoms with Crippen LogP contribution in [0.1, 0.15) is 213 Å². The molecular formula is C56H102N2O6P+. The zero-order chi connectivity index (χ0) is 47.8. The quantitative estimate of drug-likeness (QED) is 0.0243. The Morgan fingerprint density at radius 2 is 0.923 bits per heavy atom. The number of aliphatic hydroxyl groups excluding tert-OH is 1. The van der Waals surface area contributed by atoms with Crippen LogP contribution in [0.3, 0.4) is 0 Å². The Labute approximate surface area is 401 Å². The van der Waals surface area contributed by atoms with E-state index in [4.69, 9.17) is 9.05 Å². The van der Waals surface area contributed by atoms with Crippen LogP contribution in [-0.4, -0.2) is 73.4 Å². The minimum absolute atomic E-state index is 0.0713. The van der Waals surface area contributed by atoms with Crippen molar-refractivity contribution in [3.63, 3.8) is 0 Å². The van der Waals surface area contributed by atoms with Gasteiger partial charge in [-0.05, 0) is 70.6 Å². The molecule has 0 saturated heterocycles. The number of quaternary nitrogens is 1. The molecule has 3 atom stereocenters. The Morgan fingerprint density at radius 1 is 0.538 bits per heavy atom. The summed E-state index contributed by atoms with van der Waals surface area (Å²) >= 11 is 0. The van der Waals surface area contributed by atoms with Gasteiger partial charge in [-0.2, -0.15) is 0 Å².